The van der Waals surface area contributed by atoms with Crippen LogP contribution in [0.4, 0.5) is 5.82 Å². The third kappa shape index (κ3) is 2.78. The smallest absolute Gasteiger partial charge is 0.174 e. The van der Waals surface area contributed by atoms with Crippen molar-refractivity contribution in [2.75, 3.05) is 18.0 Å². The summed E-state index contributed by atoms with van der Waals surface area (Å²) in [6.45, 7) is 5.29. The molecule has 2 rings (SSSR count). The van der Waals surface area contributed by atoms with Crippen LogP contribution in [0.5, 0.6) is 0 Å². The zero-order valence-corrected chi connectivity index (χ0v) is 11.3. The fourth-order valence-electron chi connectivity index (χ4n) is 2.49. The molecule has 0 aromatic carbocycles. The number of nitrogens with two attached hydrogens (primary N) is 1. The summed E-state index contributed by atoms with van der Waals surface area (Å²) < 4.78 is 0. The molecule has 0 spiro atoms. The van der Waals surface area contributed by atoms with Gasteiger partial charge in [0.05, 0.1) is 11.7 Å². The second-order valence-electron chi connectivity index (χ2n) is 4.98. The Labute approximate surface area is 112 Å². The molecule has 0 bridgehead atoms. The minimum absolute atomic E-state index is 0.0751. The van der Waals surface area contributed by atoms with Crippen LogP contribution in [-0.4, -0.2) is 40.3 Å². The average Bonchev–Trinajstić information content (AvgIpc) is 2.38. The first-order chi connectivity index (χ1) is 9.02. The van der Waals surface area contributed by atoms with Crippen molar-refractivity contribution < 1.29 is 10.3 Å². The number of anilines is 1. The van der Waals surface area contributed by atoms with E-state index < -0.39 is 0 Å². The molecular weight excluding hydrogens is 244 g/mol. The maximum atomic E-state index is 9.57. The number of pyridine rings is 1. The van der Waals surface area contributed by atoms with E-state index in [1.165, 1.54) is 0 Å². The van der Waals surface area contributed by atoms with Crippen LogP contribution in [0.15, 0.2) is 11.2 Å². The van der Waals surface area contributed by atoms with Gasteiger partial charge < -0.3 is 20.9 Å². The quantitative estimate of drug-likeness (QED) is 0.317. The Morgan fingerprint density at radius 1 is 1.42 bits per heavy atom. The first kappa shape index (κ1) is 13.6. The van der Waals surface area contributed by atoms with Crippen LogP contribution in [0.2, 0.25) is 0 Å². The van der Waals surface area contributed by atoms with Gasteiger partial charge in [0.1, 0.15) is 5.82 Å². The third-order valence-corrected chi connectivity index (χ3v) is 3.45. The second-order valence-corrected chi connectivity index (χ2v) is 4.98. The molecule has 0 saturated carbocycles. The summed E-state index contributed by atoms with van der Waals surface area (Å²) in [4.78, 5) is 6.61. The van der Waals surface area contributed by atoms with Crippen LogP contribution in [0, 0.1) is 13.8 Å². The van der Waals surface area contributed by atoms with Gasteiger partial charge in [0.15, 0.2) is 5.84 Å². The highest BCUT2D eigenvalue weighted by Gasteiger charge is 2.23. The highest BCUT2D eigenvalue weighted by atomic mass is 16.4. The summed E-state index contributed by atoms with van der Waals surface area (Å²) >= 11 is 0. The largest absolute Gasteiger partial charge is 0.409 e. The van der Waals surface area contributed by atoms with Crippen molar-refractivity contribution in [2.45, 2.75) is 32.8 Å². The van der Waals surface area contributed by atoms with E-state index in [0.29, 0.717) is 18.4 Å². The third-order valence-electron chi connectivity index (χ3n) is 3.45. The monoisotopic (exact) mass is 264 g/mol. The molecule has 0 aliphatic carbocycles. The maximum absolute atomic E-state index is 9.57. The molecule has 0 radical (unpaired) electrons. The highest BCUT2D eigenvalue weighted by Crippen LogP contribution is 2.25. The molecule has 19 heavy (non-hydrogen) atoms. The van der Waals surface area contributed by atoms with Crippen LogP contribution in [-0.2, 0) is 0 Å². The number of aliphatic hydroxyl groups excluding tert-OH is 1. The first-order valence-corrected chi connectivity index (χ1v) is 6.42. The van der Waals surface area contributed by atoms with Crippen molar-refractivity contribution in [1.29, 1.82) is 0 Å². The van der Waals surface area contributed by atoms with Crippen LogP contribution in [0.3, 0.4) is 0 Å². The van der Waals surface area contributed by atoms with Crippen molar-refractivity contribution in [2.24, 2.45) is 10.9 Å². The topological polar surface area (TPSA) is 95.0 Å². The predicted molar refractivity (Wildman–Crippen MR) is 73.7 cm³/mol. The Morgan fingerprint density at radius 2 is 2.05 bits per heavy atom. The summed E-state index contributed by atoms with van der Waals surface area (Å²) in [5.74, 6) is 0.811. The zero-order valence-electron chi connectivity index (χ0n) is 11.3. The Hall–Kier alpha value is -1.82. The lowest BCUT2D eigenvalue weighted by molar-refractivity contribution is 0.145. The first-order valence-electron chi connectivity index (χ1n) is 6.42. The maximum Gasteiger partial charge on any atom is 0.174 e. The van der Waals surface area contributed by atoms with Crippen LogP contribution >= 0.6 is 0 Å². The van der Waals surface area contributed by atoms with E-state index in [0.717, 1.165) is 30.2 Å². The van der Waals surface area contributed by atoms with Gasteiger partial charge >= 0.3 is 0 Å². The molecule has 4 N–H and O–H groups in total. The molecule has 2 heterocycles. The molecule has 1 fully saturated rings. The SMILES string of the molecule is Cc1cc(C)c(C(N)=NO)c(N2CCC(O)CC2)n1. The average molecular weight is 264 g/mol. The number of hydrogen-bond donors (Lipinski definition) is 3. The lowest BCUT2D eigenvalue weighted by Crippen LogP contribution is -2.38. The van der Waals surface area contributed by atoms with Crippen LogP contribution in [0.1, 0.15) is 29.7 Å². The van der Waals surface area contributed by atoms with Gasteiger partial charge in [-0.2, -0.15) is 0 Å². The molecule has 0 amide bonds. The molecular formula is C13H20N4O2. The fraction of sp³-hybridized carbons (Fsp3) is 0.538. The number of hydrogen-bond acceptors (Lipinski definition) is 5. The van der Waals surface area contributed by atoms with Gasteiger partial charge in [-0.25, -0.2) is 4.98 Å². The van der Waals surface area contributed by atoms with E-state index in [4.69, 9.17) is 10.9 Å². The minimum Gasteiger partial charge on any atom is -0.409 e. The summed E-state index contributed by atoms with van der Waals surface area (Å²) in [6, 6.07) is 1.91. The van der Waals surface area contributed by atoms with Crippen LogP contribution < -0.4 is 10.6 Å². The van der Waals surface area contributed by atoms with Gasteiger partial charge in [-0.1, -0.05) is 5.16 Å². The molecule has 6 heteroatoms. The molecule has 0 atom stereocenters. The highest BCUT2D eigenvalue weighted by molar-refractivity contribution is 6.02. The molecule has 104 valence electrons. The van der Waals surface area contributed by atoms with Crippen LogP contribution in [0.25, 0.3) is 0 Å². The molecule has 1 aromatic heterocycles. The van der Waals surface area contributed by atoms with E-state index >= 15 is 0 Å². The van der Waals surface area contributed by atoms with Crippen molar-refractivity contribution in [1.82, 2.24) is 4.98 Å². The van der Waals surface area contributed by atoms with E-state index in [-0.39, 0.29) is 11.9 Å². The van der Waals surface area contributed by atoms with Crippen molar-refractivity contribution >= 4 is 11.7 Å². The zero-order chi connectivity index (χ0) is 14.0. The Balaban J connectivity index is 2.43. The van der Waals surface area contributed by atoms with Gasteiger partial charge in [-0.15, -0.1) is 0 Å². The van der Waals surface area contributed by atoms with Gasteiger partial charge in [0.25, 0.3) is 0 Å². The summed E-state index contributed by atoms with van der Waals surface area (Å²) in [6.07, 6.45) is 1.18. The number of aryl methyl sites for hydroxylation is 2. The van der Waals surface area contributed by atoms with Gasteiger partial charge in [-0.3, -0.25) is 0 Å². The van der Waals surface area contributed by atoms with E-state index in [1.807, 2.05) is 19.9 Å². The van der Waals surface area contributed by atoms with E-state index in [1.54, 1.807) is 0 Å². The normalized spacial score (nSPS) is 17.8. The van der Waals surface area contributed by atoms with Gasteiger partial charge in [-0.05, 0) is 38.3 Å². The lowest BCUT2D eigenvalue weighted by Gasteiger charge is -2.32. The summed E-state index contributed by atoms with van der Waals surface area (Å²) in [7, 11) is 0. The van der Waals surface area contributed by atoms with E-state index in [2.05, 4.69) is 15.0 Å². The lowest BCUT2D eigenvalue weighted by atomic mass is 10.0. The summed E-state index contributed by atoms with van der Waals surface area (Å²) in [5, 5.41) is 21.6. The van der Waals surface area contributed by atoms with Crippen molar-refractivity contribution in [3.05, 3.63) is 22.9 Å². The predicted octanol–water partition coefficient (Wildman–Crippen LogP) is 0.754. The minimum atomic E-state index is -0.241. The molecule has 0 unspecified atom stereocenters. The van der Waals surface area contributed by atoms with Crippen molar-refractivity contribution in [3.63, 3.8) is 0 Å². The number of rotatable bonds is 2. The summed E-state index contributed by atoms with van der Waals surface area (Å²) in [5.41, 5.74) is 8.27. The fourth-order valence-corrected chi connectivity index (χ4v) is 2.49. The number of amidine groups is 1. The molecule has 1 aliphatic heterocycles. The number of piperidine rings is 1. The molecule has 1 saturated heterocycles. The number of nitrogens with zero attached hydrogens (tertiary/aromatic N) is 3. The number of oxime groups is 1. The molecule has 1 aromatic rings. The Kier molecular flexibility index (Phi) is 3.90. The van der Waals surface area contributed by atoms with Crippen molar-refractivity contribution in [3.8, 4) is 0 Å². The van der Waals surface area contributed by atoms with E-state index in [9.17, 15) is 5.11 Å². The Morgan fingerprint density at radius 3 is 2.63 bits per heavy atom. The van der Waals surface area contributed by atoms with Gasteiger partial charge in [0, 0.05) is 18.8 Å². The number of aromatic nitrogens is 1. The molecule has 1 aliphatic rings. The second kappa shape index (κ2) is 5.44. The van der Waals surface area contributed by atoms with Gasteiger partial charge in [0.2, 0.25) is 0 Å². The molecule has 6 nitrogen and oxygen atoms in total. The Bertz CT molecular complexity index is 494. The number of aliphatic hydroxyl groups is 1. The standard InChI is InChI=1S/C13H20N4O2/c1-8-7-9(2)15-13(11(8)12(14)16-19)17-5-3-10(18)4-6-17/h7,10,18-19H,3-6H2,1-2H3,(H2,14,16).